The van der Waals surface area contributed by atoms with E-state index in [0.29, 0.717) is 18.4 Å². The van der Waals surface area contributed by atoms with Crippen LogP contribution in [0, 0.1) is 0 Å². The maximum Gasteiger partial charge on any atom is 0.165 e. The smallest absolute Gasteiger partial charge is 0.165 e. The van der Waals surface area contributed by atoms with Crippen molar-refractivity contribution >= 4 is 17.6 Å². The molecule has 0 aromatic heterocycles. The third-order valence-corrected chi connectivity index (χ3v) is 5.46. The van der Waals surface area contributed by atoms with E-state index < -0.39 is 6.10 Å². The first kappa shape index (κ1) is 29.2. The van der Waals surface area contributed by atoms with Crippen molar-refractivity contribution in [3.63, 3.8) is 0 Å². The number of hydrogen-bond donors (Lipinski definition) is 2. The predicted octanol–water partition coefficient (Wildman–Crippen LogP) is 6.48. The molecule has 2 N–H and O–H groups in total. The van der Waals surface area contributed by atoms with E-state index in [1.807, 2.05) is 129 Å². The van der Waals surface area contributed by atoms with Gasteiger partial charge in [-0.05, 0) is 41.5 Å². The number of Topliss-reactive ketones (excluding diaryl/α,β-unsaturated/α-hetero) is 1. The zero-order chi connectivity index (χ0) is 26.7. The Morgan fingerprint density at radius 2 is 1.51 bits per heavy atom. The number of carbonyl (C=O) groups excluding carboxylic acids is 2. The molecule has 3 aromatic carbocycles. The Balaban J connectivity index is 0.000000449. The lowest BCUT2D eigenvalue weighted by Gasteiger charge is -2.13. The van der Waals surface area contributed by atoms with E-state index in [2.05, 4.69) is 10.2 Å². The van der Waals surface area contributed by atoms with Gasteiger partial charge in [0.15, 0.2) is 5.78 Å². The summed E-state index contributed by atoms with van der Waals surface area (Å²) < 4.78 is 0. The van der Waals surface area contributed by atoms with Crippen LogP contribution in [0.5, 0.6) is 0 Å². The minimum atomic E-state index is -0.570. The van der Waals surface area contributed by atoms with Gasteiger partial charge in [-0.15, -0.1) is 0 Å². The first-order chi connectivity index (χ1) is 18.1. The number of hydrogen-bond acceptors (Lipinski definition) is 5. The second-order valence-corrected chi connectivity index (χ2v) is 8.25. The molecule has 0 fully saturated rings. The first-order valence-corrected chi connectivity index (χ1v) is 12.2. The van der Waals surface area contributed by atoms with Crippen molar-refractivity contribution in [2.45, 2.75) is 32.3 Å². The van der Waals surface area contributed by atoms with E-state index in [-0.39, 0.29) is 12.2 Å². The topological polar surface area (TPSA) is 75.6 Å². The lowest BCUT2D eigenvalue weighted by Crippen LogP contribution is -2.19. The molecular weight excluding hydrogens is 462 g/mol. The molecule has 1 unspecified atom stereocenters. The summed E-state index contributed by atoms with van der Waals surface area (Å²) in [5, 5.41) is 12.1. The quantitative estimate of drug-likeness (QED) is 0.0985. The standard InChI is InChI=1S/C24H27NO3.C8H8O/c1-3-8-20(11-7-16-25-2)21-12-14-22(15-13-21)24(26)18-23(28-27)17-19-9-5-4-6-10-19;9-7-6-8-4-2-1-3-5-8/h3-16,23,25,27H,17-18H2,1-2H3;1-5,7H,6H2/b8-3-,16-7+,20-11+;. The van der Waals surface area contributed by atoms with Gasteiger partial charge in [-0.2, -0.15) is 0 Å². The normalized spacial score (nSPS) is 12.1. The second kappa shape index (κ2) is 17.4. The molecule has 0 spiro atoms. The highest BCUT2D eigenvalue weighted by Crippen LogP contribution is 2.19. The highest BCUT2D eigenvalue weighted by Gasteiger charge is 2.17. The van der Waals surface area contributed by atoms with Gasteiger partial charge in [0.2, 0.25) is 0 Å². The summed E-state index contributed by atoms with van der Waals surface area (Å²) >= 11 is 0. The molecule has 0 bridgehead atoms. The number of nitrogens with one attached hydrogen (secondary N) is 1. The fourth-order valence-electron chi connectivity index (χ4n) is 3.58. The van der Waals surface area contributed by atoms with Gasteiger partial charge in [-0.1, -0.05) is 103 Å². The molecule has 192 valence electrons. The summed E-state index contributed by atoms with van der Waals surface area (Å²) in [6.07, 6.45) is 11.3. The van der Waals surface area contributed by atoms with E-state index >= 15 is 0 Å². The Labute approximate surface area is 219 Å². The van der Waals surface area contributed by atoms with E-state index in [1.165, 1.54) is 0 Å². The third kappa shape index (κ3) is 11.0. The van der Waals surface area contributed by atoms with Gasteiger partial charge in [0.1, 0.15) is 12.4 Å². The van der Waals surface area contributed by atoms with Crippen LogP contribution in [-0.2, 0) is 22.5 Å². The summed E-state index contributed by atoms with van der Waals surface area (Å²) in [6.45, 7) is 1.97. The van der Waals surface area contributed by atoms with E-state index in [4.69, 9.17) is 0 Å². The van der Waals surface area contributed by atoms with Crippen LogP contribution in [0.15, 0.2) is 115 Å². The van der Waals surface area contributed by atoms with Gasteiger partial charge >= 0.3 is 0 Å². The van der Waals surface area contributed by atoms with Crippen molar-refractivity contribution in [1.29, 1.82) is 0 Å². The van der Waals surface area contributed by atoms with Crippen LogP contribution in [0.1, 0.15) is 40.4 Å². The number of rotatable bonds is 12. The van der Waals surface area contributed by atoms with Crippen molar-refractivity contribution in [2.75, 3.05) is 7.05 Å². The first-order valence-electron chi connectivity index (χ1n) is 12.2. The summed E-state index contributed by atoms with van der Waals surface area (Å²) in [5.41, 5.74) is 4.76. The molecule has 3 aromatic rings. The molecular formula is C32H35NO4. The van der Waals surface area contributed by atoms with Gasteiger partial charge in [-0.25, -0.2) is 4.89 Å². The van der Waals surface area contributed by atoms with Gasteiger partial charge in [-0.3, -0.25) is 10.1 Å². The van der Waals surface area contributed by atoms with Gasteiger partial charge in [0.05, 0.1) is 0 Å². The van der Waals surface area contributed by atoms with E-state index in [0.717, 1.165) is 28.5 Å². The zero-order valence-corrected chi connectivity index (χ0v) is 21.4. The Kier molecular flexibility index (Phi) is 13.7. The Morgan fingerprint density at radius 3 is 2.05 bits per heavy atom. The molecule has 5 heteroatoms. The average molecular weight is 498 g/mol. The van der Waals surface area contributed by atoms with Crippen LogP contribution in [0.3, 0.4) is 0 Å². The van der Waals surface area contributed by atoms with Crippen LogP contribution >= 0.6 is 0 Å². The van der Waals surface area contributed by atoms with Crippen molar-refractivity contribution in [3.05, 3.63) is 138 Å². The maximum absolute atomic E-state index is 12.6. The molecule has 3 rings (SSSR count). The lowest BCUT2D eigenvalue weighted by molar-refractivity contribution is -0.276. The van der Waals surface area contributed by atoms with Crippen molar-refractivity contribution < 1.29 is 19.7 Å². The second-order valence-electron chi connectivity index (χ2n) is 8.25. The van der Waals surface area contributed by atoms with Crippen LogP contribution in [0.2, 0.25) is 0 Å². The summed E-state index contributed by atoms with van der Waals surface area (Å²) in [7, 11) is 1.85. The van der Waals surface area contributed by atoms with E-state index in [9.17, 15) is 14.8 Å². The predicted molar refractivity (Wildman–Crippen MR) is 150 cm³/mol. The average Bonchev–Trinajstić information content (AvgIpc) is 2.94. The molecule has 0 saturated carbocycles. The molecule has 0 amide bonds. The van der Waals surface area contributed by atoms with Crippen LogP contribution in [0.25, 0.3) is 5.57 Å². The molecule has 0 heterocycles. The number of benzene rings is 3. The Hall–Kier alpha value is -4.06. The lowest BCUT2D eigenvalue weighted by atomic mass is 9.97. The summed E-state index contributed by atoms with van der Waals surface area (Å²) in [5.74, 6) is -0.0619. The monoisotopic (exact) mass is 497 g/mol. The molecule has 0 saturated heterocycles. The molecule has 0 aliphatic rings. The largest absolute Gasteiger partial charge is 0.394 e. The number of aldehydes is 1. The maximum atomic E-state index is 12.6. The number of allylic oxidation sites excluding steroid dienone is 5. The highest BCUT2D eigenvalue weighted by atomic mass is 17.1. The molecule has 37 heavy (non-hydrogen) atoms. The van der Waals surface area contributed by atoms with E-state index in [1.54, 1.807) is 0 Å². The Morgan fingerprint density at radius 1 is 0.919 bits per heavy atom. The van der Waals surface area contributed by atoms with Crippen LogP contribution < -0.4 is 5.32 Å². The summed E-state index contributed by atoms with van der Waals surface area (Å²) in [4.78, 5) is 27.1. The molecule has 1 atom stereocenters. The fraction of sp³-hybridized carbons (Fsp3) is 0.188. The number of ketones is 1. The fourth-order valence-corrected chi connectivity index (χ4v) is 3.58. The summed E-state index contributed by atoms with van der Waals surface area (Å²) in [6, 6.07) is 26.8. The van der Waals surface area contributed by atoms with Gasteiger partial charge in [0.25, 0.3) is 0 Å². The Bertz CT molecular complexity index is 1150. The van der Waals surface area contributed by atoms with Crippen LogP contribution in [-0.4, -0.2) is 30.5 Å². The molecule has 5 nitrogen and oxygen atoms in total. The minimum Gasteiger partial charge on any atom is -0.394 e. The minimum absolute atomic E-state index is 0.0619. The molecule has 0 radical (unpaired) electrons. The van der Waals surface area contributed by atoms with Crippen molar-refractivity contribution in [1.82, 2.24) is 5.32 Å². The third-order valence-electron chi connectivity index (χ3n) is 5.46. The van der Waals surface area contributed by atoms with Crippen molar-refractivity contribution in [2.24, 2.45) is 0 Å². The van der Waals surface area contributed by atoms with Gasteiger partial charge in [0, 0.05) is 31.9 Å². The SMILES string of the molecule is C\C=C/C(=C\C=C\NC)c1ccc(C(=O)CC(Cc2ccccc2)OO)cc1.O=CCc1ccccc1. The molecule has 0 aliphatic carbocycles. The van der Waals surface area contributed by atoms with Crippen molar-refractivity contribution in [3.8, 4) is 0 Å². The van der Waals surface area contributed by atoms with Gasteiger partial charge < -0.3 is 10.1 Å². The number of carbonyl (C=O) groups is 2. The zero-order valence-electron chi connectivity index (χ0n) is 21.4. The highest BCUT2D eigenvalue weighted by molar-refractivity contribution is 5.96. The molecule has 0 aliphatic heterocycles. The van der Waals surface area contributed by atoms with Crippen LogP contribution in [0.4, 0.5) is 0 Å².